The monoisotopic (exact) mass is 469 g/mol. The van der Waals surface area contributed by atoms with Gasteiger partial charge in [-0.3, -0.25) is 0 Å². The van der Waals surface area contributed by atoms with Gasteiger partial charge >= 0.3 is 12.3 Å². The number of alkyl halides is 3. The first-order valence-corrected chi connectivity index (χ1v) is 11.5. The van der Waals surface area contributed by atoms with Gasteiger partial charge in [0.05, 0.1) is 12.1 Å². The number of allylic oxidation sites excluding steroid dienone is 1. The summed E-state index contributed by atoms with van der Waals surface area (Å²) in [5.41, 5.74) is 0.592. The molecule has 0 unspecified atom stereocenters. The summed E-state index contributed by atoms with van der Waals surface area (Å²) in [5.74, 6) is 0.890. The Kier molecular flexibility index (Phi) is 7.72. The van der Waals surface area contributed by atoms with E-state index in [1.54, 1.807) is 30.4 Å². The van der Waals surface area contributed by atoms with Gasteiger partial charge in [0.1, 0.15) is 5.03 Å². The van der Waals surface area contributed by atoms with Crippen LogP contribution in [-0.4, -0.2) is 28.5 Å². The van der Waals surface area contributed by atoms with E-state index in [-0.39, 0.29) is 5.76 Å². The molecule has 0 saturated carbocycles. The molecule has 3 rings (SSSR count). The lowest BCUT2D eigenvalue weighted by molar-refractivity contribution is -0.137. The molecule has 0 saturated heterocycles. The first-order valence-electron chi connectivity index (χ1n) is 9.62. The number of benzene rings is 1. The maximum Gasteiger partial charge on any atom is 0.511 e. The Morgan fingerprint density at radius 2 is 2.13 bits per heavy atom. The summed E-state index contributed by atoms with van der Waals surface area (Å²) in [5, 5.41) is 11.8. The number of nitrogens with zero attached hydrogens (tertiary/aromatic N) is 1. The fourth-order valence-corrected chi connectivity index (χ4v) is 5.05. The van der Waals surface area contributed by atoms with Crippen molar-refractivity contribution in [2.75, 3.05) is 12.3 Å². The first kappa shape index (κ1) is 23.3. The Hall–Kier alpha value is -2.39. The second-order valence-corrected chi connectivity index (χ2v) is 9.17. The van der Waals surface area contributed by atoms with Gasteiger partial charge < -0.3 is 14.7 Å². The summed E-state index contributed by atoms with van der Waals surface area (Å²) in [4.78, 5) is 14.3. The zero-order valence-corrected chi connectivity index (χ0v) is 18.4. The molecule has 0 fully saturated rings. The van der Waals surface area contributed by atoms with Crippen molar-refractivity contribution in [2.45, 2.75) is 32.5 Å². The van der Waals surface area contributed by atoms with Crippen molar-refractivity contribution in [3.05, 3.63) is 80.2 Å². The molecule has 1 N–H and O–H groups in total. The third kappa shape index (κ3) is 6.80. The molecule has 0 atom stereocenters. The zero-order chi connectivity index (χ0) is 22.4. The Morgan fingerprint density at radius 1 is 1.32 bits per heavy atom. The van der Waals surface area contributed by atoms with Crippen molar-refractivity contribution >= 4 is 29.3 Å². The maximum absolute atomic E-state index is 13.0. The van der Waals surface area contributed by atoms with E-state index in [0.29, 0.717) is 42.8 Å². The normalized spacial score (nSPS) is 14.3. The minimum absolute atomic E-state index is 0.273. The average molecular weight is 470 g/mol. The van der Waals surface area contributed by atoms with E-state index in [1.807, 2.05) is 28.5 Å². The highest BCUT2D eigenvalue weighted by Gasteiger charge is 2.30. The average Bonchev–Trinajstić information content (AvgIpc) is 3.18. The Labute approximate surface area is 187 Å². The summed E-state index contributed by atoms with van der Waals surface area (Å²) >= 11 is 3.08. The quantitative estimate of drug-likeness (QED) is 0.345. The van der Waals surface area contributed by atoms with Crippen LogP contribution in [0.4, 0.5) is 18.0 Å². The number of rotatable bonds is 8. The van der Waals surface area contributed by atoms with Crippen molar-refractivity contribution < 1.29 is 27.8 Å². The van der Waals surface area contributed by atoms with E-state index < -0.39 is 17.9 Å². The molecule has 0 spiro atoms. The Morgan fingerprint density at radius 3 is 2.81 bits per heavy atom. The molecule has 4 nitrogen and oxygen atoms in total. The molecule has 1 aromatic carbocycles. The lowest BCUT2D eigenvalue weighted by atomic mass is 10.0. The Balaban J connectivity index is 1.66. The van der Waals surface area contributed by atoms with E-state index in [0.717, 1.165) is 16.0 Å². The van der Waals surface area contributed by atoms with E-state index in [9.17, 15) is 18.0 Å². The van der Waals surface area contributed by atoms with Crippen molar-refractivity contribution in [3.8, 4) is 0 Å². The molecule has 2 heterocycles. The van der Waals surface area contributed by atoms with Crippen LogP contribution in [0.3, 0.4) is 0 Å². The minimum atomic E-state index is -4.36. The number of thiophene rings is 1. The van der Waals surface area contributed by atoms with E-state index in [2.05, 4.69) is 0 Å². The van der Waals surface area contributed by atoms with Gasteiger partial charge in [-0.25, -0.2) is 4.79 Å². The minimum Gasteiger partial charge on any atom is -0.449 e. The molecule has 0 radical (unpaired) electrons. The number of thioether (sulfide) groups is 1. The lowest BCUT2D eigenvalue weighted by Crippen LogP contribution is -2.25. The predicted molar refractivity (Wildman–Crippen MR) is 117 cm³/mol. The van der Waals surface area contributed by atoms with Gasteiger partial charge in [-0.2, -0.15) is 13.2 Å². The van der Waals surface area contributed by atoms with Crippen molar-refractivity contribution in [1.29, 1.82) is 0 Å². The highest BCUT2D eigenvalue weighted by atomic mass is 32.2. The standard InChI is InChI=1S/C22H22F3NO3S2/c1-15-11-16(13-17(12-15)22(23,24)25)5-3-10-31-20-19(29-21(27)28)7-2-8-26(20)14-18-6-4-9-30-18/h2,4,6-7,9,11-13H,3,5,8,10,14H2,1H3,(H,27,28). The van der Waals surface area contributed by atoms with Crippen LogP contribution in [0, 0.1) is 6.92 Å². The van der Waals surface area contributed by atoms with E-state index in [4.69, 9.17) is 9.84 Å². The summed E-state index contributed by atoms with van der Waals surface area (Å²) in [6, 6.07) is 8.09. The van der Waals surface area contributed by atoms with E-state index >= 15 is 0 Å². The van der Waals surface area contributed by atoms with Gasteiger partial charge in [-0.05, 0) is 60.7 Å². The molecule has 166 valence electrons. The van der Waals surface area contributed by atoms with Crippen LogP contribution in [0.1, 0.15) is 28.0 Å². The van der Waals surface area contributed by atoms with Crippen LogP contribution in [0.2, 0.25) is 0 Å². The first-order chi connectivity index (χ1) is 14.7. The van der Waals surface area contributed by atoms with Gasteiger partial charge in [-0.15, -0.1) is 23.1 Å². The van der Waals surface area contributed by atoms with Crippen LogP contribution < -0.4 is 0 Å². The third-order valence-electron chi connectivity index (χ3n) is 4.53. The van der Waals surface area contributed by atoms with Crippen LogP contribution in [0.25, 0.3) is 0 Å². The molecule has 1 aromatic heterocycles. The molecular weight excluding hydrogens is 447 g/mol. The molecule has 1 aliphatic rings. The molecule has 0 aliphatic carbocycles. The van der Waals surface area contributed by atoms with Crippen molar-refractivity contribution in [1.82, 2.24) is 4.90 Å². The number of hydrogen-bond acceptors (Lipinski definition) is 5. The number of hydrogen-bond donors (Lipinski definition) is 1. The summed E-state index contributed by atoms with van der Waals surface area (Å²) < 4.78 is 44.1. The molecule has 1 aliphatic heterocycles. The number of ether oxygens (including phenoxy) is 1. The second-order valence-electron chi connectivity index (χ2n) is 7.06. The zero-order valence-electron chi connectivity index (χ0n) is 16.8. The van der Waals surface area contributed by atoms with Crippen molar-refractivity contribution in [2.24, 2.45) is 0 Å². The van der Waals surface area contributed by atoms with Crippen molar-refractivity contribution in [3.63, 3.8) is 0 Å². The number of carboxylic acid groups (broad SMARTS) is 1. The predicted octanol–water partition coefficient (Wildman–Crippen LogP) is 6.68. The number of halogens is 3. The van der Waals surface area contributed by atoms with E-state index in [1.165, 1.54) is 17.8 Å². The van der Waals surface area contributed by atoms with Crippen LogP contribution in [-0.2, 0) is 23.9 Å². The SMILES string of the molecule is Cc1cc(CCCSC2=C(OC(=O)O)C=CCN2Cc2cccs2)cc(C(F)(F)F)c1. The lowest BCUT2D eigenvalue weighted by Gasteiger charge is -2.29. The summed E-state index contributed by atoms with van der Waals surface area (Å²) in [7, 11) is 0. The highest BCUT2D eigenvalue weighted by Crippen LogP contribution is 2.33. The summed E-state index contributed by atoms with van der Waals surface area (Å²) in [6.07, 6.45) is -1.10. The summed E-state index contributed by atoms with van der Waals surface area (Å²) in [6.45, 7) is 2.91. The van der Waals surface area contributed by atoms with Crippen LogP contribution in [0.5, 0.6) is 0 Å². The fourth-order valence-electron chi connectivity index (χ4n) is 3.27. The van der Waals surface area contributed by atoms with Gasteiger partial charge in [0, 0.05) is 11.4 Å². The smallest absolute Gasteiger partial charge is 0.449 e. The van der Waals surface area contributed by atoms with Crippen LogP contribution in [0.15, 0.2) is 58.7 Å². The molecule has 31 heavy (non-hydrogen) atoms. The topological polar surface area (TPSA) is 49.8 Å². The molecule has 9 heteroatoms. The third-order valence-corrected chi connectivity index (χ3v) is 6.62. The second kappa shape index (κ2) is 10.3. The number of carbonyl (C=O) groups is 1. The molecule has 0 amide bonds. The van der Waals surface area contributed by atoms with Gasteiger partial charge in [0.25, 0.3) is 0 Å². The maximum atomic E-state index is 13.0. The fraction of sp³-hybridized carbons (Fsp3) is 0.318. The van der Waals surface area contributed by atoms with Crippen LogP contribution >= 0.6 is 23.1 Å². The molecule has 2 aromatic rings. The number of aryl methyl sites for hydroxylation is 2. The molecular formula is C22H22F3NO3S2. The molecule has 0 bridgehead atoms. The van der Waals surface area contributed by atoms with Gasteiger partial charge in [-0.1, -0.05) is 23.8 Å². The Bertz CT molecular complexity index is 969. The van der Waals surface area contributed by atoms with Gasteiger partial charge in [0.2, 0.25) is 0 Å². The largest absolute Gasteiger partial charge is 0.511 e. The van der Waals surface area contributed by atoms with Gasteiger partial charge in [0.15, 0.2) is 5.76 Å². The highest BCUT2D eigenvalue weighted by molar-refractivity contribution is 8.03.